The lowest BCUT2D eigenvalue weighted by molar-refractivity contribution is 0.0684. The molecule has 1 saturated heterocycles. The van der Waals surface area contributed by atoms with Crippen LogP contribution in [0.2, 0.25) is 5.02 Å². The average Bonchev–Trinajstić information content (AvgIpc) is 2.90. The minimum atomic E-state index is -0.524. The van der Waals surface area contributed by atoms with Crippen LogP contribution in [0.5, 0.6) is 0 Å². The van der Waals surface area contributed by atoms with E-state index in [0.29, 0.717) is 17.6 Å². The van der Waals surface area contributed by atoms with Crippen molar-refractivity contribution in [3.8, 4) is 0 Å². The second-order valence-corrected chi connectivity index (χ2v) is 5.91. The number of nitrogens with zero attached hydrogens (tertiary/aromatic N) is 1. The van der Waals surface area contributed by atoms with Crippen LogP contribution in [-0.4, -0.2) is 36.0 Å². The fraction of sp³-hybridized carbons (Fsp3) is 0.533. The molecule has 1 fully saturated rings. The molecule has 1 unspecified atom stereocenters. The van der Waals surface area contributed by atoms with Gasteiger partial charge in [-0.1, -0.05) is 11.6 Å². The Bertz CT molecular complexity index is 487. The van der Waals surface area contributed by atoms with Gasteiger partial charge in [0.25, 0.3) is 5.91 Å². The molecule has 0 saturated carbocycles. The normalized spacial score (nSPS) is 18.6. The highest BCUT2D eigenvalue weighted by Gasteiger charge is 2.26. The first-order valence-electron chi connectivity index (χ1n) is 6.98. The molecule has 1 N–H and O–H groups in total. The summed E-state index contributed by atoms with van der Waals surface area (Å²) in [4.78, 5) is 14.3. The molecular weight excluding hydrogens is 279 g/mol. The van der Waals surface area contributed by atoms with Crippen LogP contribution in [0.15, 0.2) is 18.2 Å². The number of rotatable bonds is 4. The van der Waals surface area contributed by atoms with Crippen LogP contribution < -0.4 is 5.32 Å². The summed E-state index contributed by atoms with van der Waals surface area (Å²) < 4.78 is 13.8. The molecule has 20 heavy (non-hydrogen) atoms. The van der Waals surface area contributed by atoms with Crippen molar-refractivity contribution >= 4 is 17.5 Å². The highest BCUT2D eigenvalue weighted by Crippen LogP contribution is 2.19. The summed E-state index contributed by atoms with van der Waals surface area (Å²) in [7, 11) is 0. The summed E-state index contributed by atoms with van der Waals surface area (Å²) >= 11 is 5.87. The number of carbonyl (C=O) groups excluding carboxylic acids is 1. The maximum atomic E-state index is 13.8. The van der Waals surface area contributed by atoms with E-state index in [0.717, 1.165) is 19.4 Å². The summed E-state index contributed by atoms with van der Waals surface area (Å²) in [6.07, 6.45) is 2.17. The Morgan fingerprint density at radius 1 is 1.55 bits per heavy atom. The van der Waals surface area contributed by atoms with Crippen LogP contribution in [0.3, 0.4) is 0 Å². The minimum Gasteiger partial charge on any atom is -0.335 e. The third-order valence-electron chi connectivity index (χ3n) is 3.62. The van der Waals surface area contributed by atoms with Gasteiger partial charge in [0.05, 0.1) is 5.56 Å². The van der Waals surface area contributed by atoms with Crippen molar-refractivity contribution in [1.29, 1.82) is 0 Å². The Labute approximate surface area is 124 Å². The number of hydrogen-bond donors (Lipinski definition) is 1. The second kappa shape index (κ2) is 6.55. The molecule has 3 nitrogen and oxygen atoms in total. The van der Waals surface area contributed by atoms with Crippen molar-refractivity contribution in [2.24, 2.45) is 0 Å². The van der Waals surface area contributed by atoms with Gasteiger partial charge in [0.2, 0.25) is 0 Å². The van der Waals surface area contributed by atoms with E-state index in [1.165, 1.54) is 18.2 Å². The highest BCUT2D eigenvalue weighted by molar-refractivity contribution is 6.31. The number of hydrogen-bond acceptors (Lipinski definition) is 2. The van der Waals surface area contributed by atoms with Gasteiger partial charge in [0.1, 0.15) is 5.82 Å². The first-order valence-corrected chi connectivity index (χ1v) is 7.36. The predicted octanol–water partition coefficient (Wildman–Crippen LogP) is 3.08. The van der Waals surface area contributed by atoms with Crippen LogP contribution in [0.1, 0.15) is 37.0 Å². The lowest BCUT2D eigenvalue weighted by Gasteiger charge is -2.29. The first kappa shape index (κ1) is 15.3. The van der Waals surface area contributed by atoms with Gasteiger partial charge in [0, 0.05) is 23.7 Å². The number of benzene rings is 1. The molecule has 110 valence electrons. The molecule has 1 aromatic rings. The molecule has 0 bridgehead atoms. The topological polar surface area (TPSA) is 32.3 Å². The third kappa shape index (κ3) is 3.49. The summed E-state index contributed by atoms with van der Waals surface area (Å²) in [5.41, 5.74) is 0.0456. The maximum Gasteiger partial charge on any atom is 0.257 e. The number of nitrogens with one attached hydrogen (secondary N) is 1. The van der Waals surface area contributed by atoms with Gasteiger partial charge in [-0.05, 0) is 51.4 Å². The molecule has 1 heterocycles. The van der Waals surface area contributed by atoms with Crippen molar-refractivity contribution < 1.29 is 9.18 Å². The molecule has 1 aliphatic rings. The van der Waals surface area contributed by atoms with E-state index in [1.54, 1.807) is 4.90 Å². The highest BCUT2D eigenvalue weighted by atomic mass is 35.5. The molecular formula is C15H20ClFN2O. The van der Waals surface area contributed by atoms with Gasteiger partial charge in [-0.3, -0.25) is 4.79 Å². The fourth-order valence-electron chi connectivity index (χ4n) is 2.49. The molecule has 0 radical (unpaired) electrons. The van der Waals surface area contributed by atoms with Crippen molar-refractivity contribution in [3.05, 3.63) is 34.6 Å². The lowest BCUT2D eigenvalue weighted by atomic mass is 10.1. The summed E-state index contributed by atoms with van der Waals surface area (Å²) in [6.45, 7) is 5.46. The first-order chi connectivity index (χ1) is 9.49. The zero-order valence-corrected chi connectivity index (χ0v) is 12.6. The zero-order chi connectivity index (χ0) is 14.7. The summed E-state index contributed by atoms with van der Waals surface area (Å²) in [6, 6.07) is 4.40. The monoisotopic (exact) mass is 298 g/mol. The minimum absolute atomic E-state index is 0.0169. The van der Waals surface area contributed by atoms with E-state index in [1.807, 2.05) is 13.8 Å². The third-order valence-corrected chi connectivity index (χ3v) is 3.86. The van der Waals surface area contributed by atoms with Crippen molar-refractivity contribution in [2.45, 2.75) is 38.8 Å². The number of amides is 1. The van der Waals surface area contributed by atoms with Gasteiger partial charge in [0.15, 0.2) is 0 Å². The second-order valence-electron chi connectivity index (χ2n) is 5.47. The van der Waals surface area contributed by atoms with E-state index < -0.39 is 5.82 Å². The van der Waals surface area contributed by atoms with E-state index in [-0.39, 0.29) is 17.5 Å². The van der Waals surface area contributed by atoms with E-state index in [4.69, 9.17) is 11.6 Å². The Kier molecular flexibility index (Phi) is 5.00. The lowest BCUT2D eigenvalue weighted by Crippen LogP contribution is -2.45. The van der Waals surface area contributed by atoms with E-state index in [2.05, 4.69) is 5.32 Å². The van der Waals surface area contributed by atoms with Crippen LogP contribution in [0.4, 0.5) is 4.39 Å². The Morgan fingerprint density at radius 2 is 2.30 bits per heavy atom. The van der Waals surface area contributed by atoms with Crippen LogP contribution in [-0.2, 0) is 0 Å². The smallest absolute Gasteiger partial charge is 0.257 e. The van der Waals surface area contributed by atoms with Gasteiger partial charge in [-0.2, -0.15) is 0 Å². The van der Waals surface area contributed by atoms with E-state index >= 15 is 0 Å². The summed E-state index contributed by atoms with van der Waals surface area (Å²) in [5.74, 6) is -0.821. The molecule has 1 aliphatic heterocycles. The number of halogens is 2. The maximum absolute atomic E-state index is 13.8. The van der Waals surface area contributed by atoms with Crippen LogP contribution in [0, 0.1) is 5.82 Å². The van der Waals surface area contributed by atoms with Crippen molar-refractivity contribution in [1.82, 2.24) is 10.2 Å². The van der Waals surface area contributed by atoms with Gasteiger partial charge < -0.3 is 10.2 Å². The standard InChI is InChI=1S/C15H20ClFN2O/c1-10(2)19(9-12-4-3-7-18-12)15(20)13-8-11(16)5-6-14(13)17/h5-6,8,10,12,18H,3-4,7,9H2,1-2H3. The largest absolute Gasteiger partial charge is 0.335 e. The van der Waals surface area contributed by atoms with Gasteiger partial charge >= 0.3 is 0 Å². The zero-order valence-electron chi connectivity index (χ0n) is 11.8. The quantitative estimate of drug-likeness (QED) is 0.926. The Morgan fingerprint density at radius 3 is 2.90 bits per heavy atom. The van der Waals surface area contributed by atoms with Crippen LogP contribution in [0.25, 0.3) is 0 Å². The van der Waals surface area contributed by atoms with Gasteiger partial charge in [-0.25, -0.2) is 4.39 Å². The van der Waals surface area contributed by atoms with Gasteiger partial charge in [-0.15, -0.1) is 0 Å². The molecule has 2 rings (SSSR count). The number of carbonyl (C=O) groups is 1. The predicted molar refractivity (Wildman–Crippen MR) is 78.6 cm³/mol. The molecule has 1 amide bonds. The van der Waals surface area contributed by atoms with Crippen molar-refractivity contribution in [3.63, 3.8) is 0 Å². The van der Waals surface area contributed by atoms with E-state index in [9.17, 15) is 9.18 Å². The molecule has 0 spiro atoms. The molecule has 1 aromatic carbocycles. The molecule has 5 heteroatoms. The average molecular weight is 299 g/mol. The SMILES string of the molecule is CC(C)N(CC1CCCN1)C(=O)c1cc(Cl)ccc1F. The van der Waals surface area contributed by atoms with Crippen LogP contribution >= 0.6 is 11.6 Å². The molecule has 0 aromatic heterocycles. The van der Waals surface area contributed by atoms with Crippen molar-refractivity contribution in [2.75, 3.05) is 13.1 Å². The Hall–Kier alpha value is -1.13. The molecule has 0 aliphatic carbocycles. The fourth-order valence-corrected chi connectivity index (χ4v) is 2.67. The Balaban J connectivity index is 2.19. The summed E-state index contributed by atoms with van der Waals surface area (Å²) in [5, 5.41) is 3.73. The molecule has 1 atom stereocenters.